The lowest BCUT2D eigenvalue weighted by Gasteiger charge is -2.23. The number of aliphatic hydroxyl groups is 1. The van der Waals surface area contributed by atoms with E-state index < -0.39 is 0 Å². The lowest BCUT2D eigenvalue weighted by molar-refractivity contribution is 0.0956. The smallest absolute Gasteiger partial charge is 0.410 e. The van der Waals surface area contributed by atoms with Gasteiger partial charge >= 0.3 is 6.09 Å². The number of hydrogen-bond donors (Lipinski definition) is 1. The van der Waals surface area contributed by atoms with E-state index in [9.17, 15) is 4.79 Å². The number of amides is 1. The van der Waals surface area contributed by atoms with Crippen LogP contribution in [0.15, 0.2) is 48.5 Å². The molecule has 4 rings (SSSR count). The summed E-state index contributed by atoms with van der Waals surface area (Å²) in [6.45, 7) is 1.21. The third kappa shape index (κ3) is 3.34. The third-order valence-corrected chi connectivity index (χ3v) is 5.37. The minimum absolute atomic E-state index is 0.102. The van der Waals surface area contributed by atoms with Crippen LogP contribution in [0.5, 0.6) is 0 Å². The van der Waals surface area contributed by atoms with Crippen molar-refractivity contribution < 1.29 is 14.6 Å². The number of fused-ring (bicyclic) bond motifs is 3. The first-order chi connectivity index (χ1) is 12.8. The molecule has 1 amide bonds. The summed E-state index contributed by atoms with van der Waals surface area (Å²) in [5.74, 6) is 0.102. The summed E-state index contributed by atoms with van der Waals surface area (Å²) in [6, 6.07) is 17.1. The monoisotopic (exact) mass is 351 g/mol. The van der Waals surface area contributed by atoms with Gasteiger partial charge in [0, 0.05) is 25.1 Å². The molecular weight excluding hydrogens is 326 g/mol. The van der Waals surface area contributed by atoms with Crippen LogP contribution in [0, 0.1) is 0 Å². The number of aliphatic hydroxyl groups excluding tert-OH is 1. The van der Waals surface area contributed by atoms with Gasteiger partial charge in [-0.2, -0.15) is 0 Å². The summed E-state index contributed by atoms with van der Waals surface area (Å²) in [7, 11) is 0. The van der Waals surface area contributed by atoms with E-state index in [4.69, 9.17) is 9.84 Å². The molecule has 0 aromatic heterocycles. The minimum atomic E-state index is -0.215. The maximum atomic E-state index is 12.6. The zero-order valence-corrected chi connectivity index (χ0v) is 14.9. The van der Waals surface area contributed by atoms with E-state index >= 15 is 0 Å². The highest BCUT2D eigenvalue weighted by Gasteiger charge is 2.34. The summed E-state index contributed by atoms with van der Waals surface area (Å²) in [5, 5.41) is 8.97. The van der Waals surface area contributed by atoms with Crippen LogP contribution in [0.3, 0.4) is 0 Å². The first-order valence-corrected chi connectivity index (χ1v) is 9.52. The molecule has 26 heavy (non-hydrogen) atoms. The standard InChI is InChI=1S/C22H25NO3/c24-14-6-5-13-23(16-11-12-16)22(25)26-15-21-19-9-3-1-7-17(19)18-8-2-4-10-20(18)21/h1-4,7-10,16,21,24H,5-6,11-15H2. The molecule has 0 atom stereocenters. The van der Waals surface area contributed by atoms with Gasteiger partial charge in [-0.05, 0) is 47.9 Å². The number of ether oxygens (including phenoxy) is 1. The Morgan fingerprint density at radius 3 is 2.19 bits per heavy atom. The molecule has 0 aliphatic heterocycles. The van der Waals surface area contributed by atoms with Gasteiger partial charge in [0.25, 0.3) is 0 Å². The Morgan fingerprint density at radius 1 is 1.00 bits per heavy atom. The van der Waals surface area contributed by atoms with Gasteiger partial charge in [0.15, 0.2) is 0 Å². The largest absolute Gasteiger partial charge is 0.448 e. The lowest BCUT2D eigenvalue weighted by Crippen LogP contribution is -2.35. The Kier molecular flexibility index (Phi) is 4.93. The second-order valence-corrected chi connectivity index (χ2v) is 7.16. The van der Waals surface area contributed by atoms with Crippen LogP contribution in [-0.4, -0.2) is 41.9 Å². The first-order valence-electron chi connectivity index (χ1n) is 9.52. The zero-order valence-electron chi connectivity index (χ0n) is 14.9. The van der Waals surface area contributed by atoms with Crippen LogP contribution >= 0.6 is 0 Å². The van der Waals surface area contributed by atoms with Crippen molar-refractivity contribution in [2.45, 2.75) is 37.6 Å². The van der Waals surface area contributed by atoms with Crippen LogP contribution in [0.2, 0.25) is 0 Å². The number of unbranched alkanes of at least 4 members (excludes halogenated alkanes) is 1. The maximum Gasteiger partial charge on any atom is 0.410 e. The van der Waals surface area contributed by atoms with E-state index in [1.165, 1.54) is 22.3 Å². The van der Waals surface area contributed by atoms with Gasteiger partial charge in [-0.25, -0.2) is 4.79 Å². The summed E-state index contributed by atoms with van der Waals surface area (Å²) >= 11 is 0. The molecule has 0 unspecified atom stereocenters. The Bertz CT molecular complexity index is 739. The van der Waals surface area contributed by atoms with Crippen LogP contribution in [0.1, 0.15) is 42.7 Å². The van der Waals surface area contributed by atoms with Crippen LogP contribution in [0.4, 0.5) is 4.79 Å². The van der Waals surface area contributed by atoms with Crippen molar-refractivity contribution in [3.8, 4) is 11.1 Å². The van der Waals surface area contributed by atoms with Gasteiger partial charge in [-0.15, -0.1) is 0 Å². The molecule has 1 fully saturated rings. The van der Waals surface area contributed by atoms with Gasteiger partial charge < -0.3 is 14.7 Å². The van der Waals surface area contributed by atoms with Crippen molar-refractivity contribution in [3.05, 3.63) is 59.7 Å². The summed E-state index contributed by atoms with van der Waals surface area (Å²) < 4.78 is 5.76. The van der Waals surface area contributed by atoms with Crippen molar-refractivity contribution in [3.63, 3.8) is 0 Å². The van der Waals surface area contributed by atoms with Crippen LogP contribution < -0.4 is 0 Å². The second-order valence-electron chi connectivity index (χ2n) is 7.16. The fourth-order valence-corrected chi connectivity index (χ4v) is 3.88. The zero-order chi connectivity index (χ0) is 17.9. The molecule has 0 heterocycles. The van der Waals surface area contributed by atoms with Crippen LogP contribution in [-0.2, 0) is 4.74 Å². The van der Waals surface area contributed by atoms with Crippen molar-refractivity contribution in [1.82, 2.24) is 4.90 Å². The van der Waals surface area contributed by atoms with Gasteiger partial charge in [-0.3, -0.25) is 0 Å². The molecule has 0 saturated heterocycles. The van der Waals surface area contributed by atoms with Crippen molar-refractivity contribution >= 4 is 6.09 Å². The molecule has 2 aromatic rings. The van der Waals surface area contributed by atoms with Crippen molar-refractivity contribution in [2.24, 2.45) is 0 Å². The fourth-order valence-electron chi connectivity index (χ4n) is 3.88. The Morgan fingerprint density at radius 2 is 1.62 bits per heavy atom. The van der Waals surface area contributed by atoms with Gasteiger partial charge in [0.2, 0.25) is 0 Å². The maximum absolute atomic E-state index is 12.6. The predicted molar refractivity (Wildman–Crippen MR) is 101 cm³/mol. The normalized spacial score (nSPS) is 15.4. The van der Waals surface area contributed by atoms with E-state index in [-0.39, 0.29) is 18.6 Å². The summed E-state index contributed by atoms with van der Waals surface area (Å²) in [5.41, 5.74) is 4.96. The van der Waals surface area contributed by atoms with Crippen molar-refractivity contribution in [1.29, 1.82) is 0 Å². The van der Waals surface area contributed by atoms with Crippen molar-refractivity contribution in [2.75, 3.05) is 19.8 Å². The first kappa shape index (κ1) is 17.1. The number of benzene rings is 2. The molecular formula is C22H25NO3. The highest BCUT2D eigenvalue weighted by Crippen LogP contribution is 2.44. The van der Waals surface area contributed by atoms with E-state index in [1.54, 1.807) is 0 Å². The predicted octanol–water partition coefficient (Wildman–Crippen LogP) is 4.17. The summed E-state index contributed by atoms with van der Waals surface area (Å²) in [4.78, 5) is 14.5. The molecule has 0 radical (unpaired) electrons. The van der Waals surface area contributed by atoms with Gasteiger partial charge in [-0.1, -0.05) is 48.5 Å². The highest BCUT2D eigenvalue weighted by molar-refractivity contribution is 5.79. The molecule has 1 N–H and O–H groups in total. The van der Waals surface area contributed by atoms with E-state index in [0.29, 0.717) is 19.2 Å². The molecule has 2 aliphatic carbocycles. The van der Waals surface area contributed by atoms with E-state index in [0.717, 1.165) is 25.7 Å². The molecule has 0 spiro atoms. The average Bonchev–Trinajstić information content (AvgIpc) is 3.46. The van der Waals surface area contributed by atoms with E-state index in [2.05, 4.69) is 36.4 Å². The third-order valence-electron chi connectivity index (χ3n) is 5.37. The SMILES string of the molecule is O=C(OCC1c2ccccc2-c2ccccc21)N(CCCCO)C1CC1. The second kappa shape index (κ2) is 7.50. The number of hydrogen-bond acceptors (Lipinski definition) is 3. The minimum Gasteiger partial charge on any atom is -0.448 e. The van der Waals surface area contributed by atoms with E-state index in [1.807, 2.05) is 17.0 Å². The van der Waals surface area contributed by atoms with Crippen LogP contribution in [0.25, 0.3) is 11.1 Å². The Hall–Kier alpha value is -2.33. The number of rotatable bonds is 7. The number of nitrogens with zero attached hydrogens (tertiary/aromatic N) is 1. The summed E-state index contributed by atoms with van der Waals surface area (Å²) in [6.07, 6.45) is 3.44. The molecule has 2 aliphatic rings. The molecule has 136 valence electrons. The Balaban J connectivity index is 1.46. The highest BCUT2D eigenvalue weighted by atomic mass is 16.6. The number of carbonyl (C=O) groups excluding carboxylic acids is 1. The number of carbonyl (C=O) groups is 1. The Labute approximate surface area is 154 Å². The topological polar surface area (TPSA) is 49.8 Å². The van der Waals surface area contributed by atoms with Gasteiger partial charge in [0.1, 0.15) is 6.61 Å². The molecule has 0 bridgehead atoms. The molecule has 4 heteroatoms. The quantitative estimate of drug-likeness (QED) is 0.762. The molecule has 1 saturated carbocycles. The average molecular weight is 351 g/mol. The lowest BCUT2D eigenvalue weighted by atomic mass is 9.98. The fraction of sp³-hybridized carbons (Fsp3) is 0.409. The van der Waals surface area contributed by atoms with Gasteiger partial charge in [0.05, 0.1) is 0 Å². The molecule has 2 aromatic carbocycles. The molecule has 4 nitrogen and oxygen atoms in total.